The van der Waals surface area contributed by atoms with Gasteiger partial charge in [-0.25, -0.2) is 9.07 Å². The summed E-state index contributed by atoms with van der Waals surface area (Å²) in [7, 11) is 1.59. The maximum absolute atomic E-state index is 12.3. The lowest BCUT2D eigenvalue weighted by Crippen LogP contribution is -2.18. The maximum atomic E-state index is 12.3. The Morgan fingerprint density at radius 2 is 2.37 bits per heavy atom. The Morgan fingerprint density at radius 3 is 3.05 bits per heavy atom. The van der Waals surface area contributed by atoms with Gasteiger partial charge < -0.3 is 10.5 Å². The Balaban J connectivity index is 2.28. The Kier molecular flexibility index (Phi) is 3.91. The summed E-state index contributed by atoms with van der Waals surface area (Å²) >= 11 is 0. The van der Waals surface area contributed by atoms with Crippen LogP contribution < -0.4 is 16.0 Å². The summed E-state index contributed by atoms with van der Waals surface area (Å²) < 4.78 is 19.0. The van der Waals surface area contributed by atoms with Crippen molar-refractivity contribution >= 4 is 10.8 Å². The summed E-state index contributed by atoms with van der Waals surface area (Å²) in [5.74, 6) is 0.537. The van der Waals surface area contributed by atoms with Crippen LogP contribution in [0.4, 0.5) is 4.39 Å². The average Bonchev–Trinajstić information content (AvgIpc) is 2.44. The summed E-state index contributed by atoms with van der Waals surface area (Å²) in [6.07, 6.45) is 2.02. The molecule has 6 heteroatoms. The van der Waals surface area contributed by atoms with Gasteiger partial charge in [0.25, 0.3) is 5.56 Å². The molecular formula is C13H14FN3O2. The first kappa shape index (κ1) is 13.2. The minimum absolute atomic E-state index is 0.0801. The molecule has 0 aliphatic carbocycles. The maximum Gasteiger partial charge on any atom is 0.274 e. The van der Waals surface area contributed by atoms with Crippen LogP contribution in [-0.2, 0) is 7.05 Å². The molecule has 0 unspecified atom stereocenters. The third kappa shape index (κ3) is 2.79. The Bertz CT molecular complexity index is 679. The van der Waals surface area contributed by atoms with Crippen molar-refractivity contribution in [3.63, 3.8) is 0 Å². The van der Waals surface area contributed by atoms with E-state index in [1.54, 1.807) is 31.4 Å². The van der Waals surface area contributed by atoms with Gasteiger partial charge >= 0.3 is 0 Å². The molecule has 100 valence electrons. The van der Waals surface area contributed by atoms with Crippen LogP contribution in [-0.4, -0.2) is 22.9 Å². The van der Waals surface area contributed by atoms with Gasteiger partial charge in [0, 0.05) is 24.6 Å². The first-order valence-electron chi connectivity index (χ1n) is 5.72. The van der Waals surface area contributed by atoms with Crippen LogP contribution in [0.2, 0.25) is 0 Å². The molecule has 0 radical (unpaired) electrons. The zero-order valence-electron chi connectivity index (χ0n) is 10.5. The van der Waals surface area contributed by atoms with Crippen molar-refractivity contribution in [3.8, 4) is 5.75 Å². The lowest BCUT2D eigenvalue weighted by Gasteiger charge is -2.08. The molecule has 0 bridgehead atoms. The Labute approximate surface area is 109 Å². The Morgan fingerprint density at radius 1 is 1.58 bits per heavy atom. The van der Waals surface area contributed by atoms with Crippen LogP contribution in [0.5, 0.6) is 5.75 Å². The standard InChI is InChI=1S/C13H14FN3O2/c1-17-13(18)12-3-2-11(4-10(12)7-16-17)19-8-9(5-14)6-15/h2-5,7H,6,8,15H2,1H3. The van der Waals surface area contributed by atoms with Crippen molar-refractivity contribution in [1.29, 1.82) is 0 Å². The van der Waals surface area contributed by atoms with Gasteiger partial charge in [-0.3, -0.25) is 4.79 Å². The topological polar surface area (TPSA) is 70.1 Å². The highest BCUT2D eigenvalue weighted by atomic mass is 19.1. The lowest BCUT2D eigenvalue weighted by molar-refractivity contribution is 0.348. The van der Waals surface area contributed by atoms with Gasteiger partial charge in [0.15, 0.2) is 0 Å². The minimum atomic E-state index is -0.171. The van der Waals surface area contributed by atoms with E-state index < -0.39 is 0 Å². The fourth-order valence-corrected chi connectivity index (χ4v) is 1.62. The molecule has 0 amide bonds. The van der Waals surface area contributed by atoms with E-state index in [1.165, 1.54) is 4.68 Å². The number of hydrogen-bond acceptors (Lipinski definition) is 4. The summed E-state index contributed by atoms with van der Waals surface area (Å²) in [6, 6.07) is 5.02. The van der Waals surface area contributed by atoms with Crippen LogP contribution in [0, 0.1) is 0 Å². The van der Waals surface area contributed by atoms with Gasteiger partial charge in [0.1, 0.15) is 12.4 Å². The average molecular weight is 263 g/mol. The van der Waals surface area contributed by atoms with Gasteiger partial charge in [-0.2, -0.15) is 5.10 Å². The fourth-order valence-electron chi connectivity index (χ4n) is 1.62. The number of nitrogens with zero attached hydrogens (tertiary/aromatic N) is 2. The third-order valence-electron chi connectivity index (χ3n) is 2.76. The number of hydrogen-bond donors (Lipinski definition) is 1. The molecule has 5 nitrogen and oxygen atoms in total. The molecule has 2 aromatic rings. The van der Waals surface area contributed by atoms with Crippen LogP contribution in [0.15, 0.2) is 41.1 Å². The normalized spacial score (nSPS) is 11.8. The smallest absolute Gasteiger partial charge is 0.274 e. The second kappa shape index (κ2) is 5.62. The first-order valence-corrected chi connectivity index (χ1v) is 5.72. The minimum Gasteiger partial charge on any atom is -0.489 e. The molecule has 19 heavy (non-hydrogen) atoms. The monoisotopic (exact) mass is 263 g/mol. The van der Waals surface area contributed by atoms with E-state index in [0.29, 0.717) is 28.4 Å². The third-order valence-corrected chi connectivity index (χ3v) is 2.76. The molecule has 0 spiro atoms. The highest BCUT2D eigenvalue weighted by Gasteiger charge is 2.04. The highest BCUT2D eigenvalue weighted by molar-refractivity contribution is 5.82. The van der Waals surface area contributed by atoms with Crippen molar-refractivity contribution < 1.29 is 9.13 Å². The second-order valence-corrected chi connectivity index (χ2v) is 4.08. The van der Waals surface area contributed by atoms with Crippen LogP contribution in [0.1, 0.15) is 0 Å². The predicted octanol–water partition coefficient (Wildman–Crippen LogP) is 1.12. The number of aryl methyl sites for hydroxylation is 1. The number of ether oxygens (including phenoxy) is 1. The molecule has 0 saturated carbocycles. The number of benzene rings is 1. The van der Waals surface area contributed by atoms with Crippen LogP contribution in [0.25, 0.3) is 10.8 Å². The van der Waals surface area contributed by atoms with Crippen molar-refractivity contribution in [2.75, 3.05) is 13.2 Å². The molecule has 0 saturated heterocycles. The summed E-state index contributed by atoms with van der Waals surface area (Å²) in [4.78, 5) is 11.8. The van der Waals surface area contributed by atoms with E-state index in [4.69, 9.17) is 10.5 Å². The molecule has 0 atom stereocenters. The van der Waals surface area contributed by atoms with Crippen molar-refractivity contribution in [1.82, 2.24) is 9.78 Å². The van der Waals surface area contributed by atoms with Crippen LogP contribution in [0.3, 0.4) is 0 Å². The number of nitrogens with two attached hydrogens (primary N) is 1. The van der Waals surface area contributed by atoms with Crippen molar-refractivity contribution in [3.05, 3.63) is 46.7 Å². The second-order valence-electron chi connectivity index (χ2n) is 4.08. The van der Waals surface area contributed by atoms with E-state index in [-0.39, 0.29) is 18.7 Å². The highest BCUT2D eigenvalue weighted by Crippen LogP contribution is 2.18. The van der Waals surface area contributed by atoms with E-state index >= 15 is 0 Å². The molecular weight excluding hydrogens is 249 g/mol. The van der Waals surface area contributed by atoms with Crippen molar-refractivity contribution in [2.24, 2.45) is 12.8 Å². The van der Waals surface area contributed by atoms with Gasteiger partial charge in [0.2, 0.25) is 0 Å². The molecule has 0 aliphatic rings. The zero-order chi connectivity index (χ0) is 13.8. The van der Waals surface area contributed by atoms with Gasteiger partial charge in [-0.15, -0.1) is 0 Å². The first-order chi connectivity index (χ1) is 9.15. The molecule has 2 rings (SSSR count). The van der Waals surface area contributed by atoms with E-state index in [0.717, 1.165) is 0 Å². The largest absolute Gasteiger partial charge is 0.489 e. The van der Waals surface area contributed by atoms with E-state index in [2.05, 4.69) is 5.10 Å². The summed E-state index contributed by atoms with van der Waals surface area (Å²) in [6.45, 7) is 0.183. The quantitative estimate of drug-likeness (QED) is 0.897. The Hall–Kier alpha value is -2.21. The number of aromatic nitrogens is 2. The zero-order valence-corrected chi connectivity index (χ0v) is 10.5. The number of fused-ring (bicyclic) bond motifs is 1. The fraction of sp³-hybridized carbons (Fsp3) is 0.231. The number of halogens is 1. The van der Waals surface area contributed by atoms with Gasteiger partial charge in [-0.05, 0) is 18.2 Å². The van der Waals surface area contributed by atoms with Crippen molar-refractivity contribution in [2.45, 2.75) is 0 Å². The molecule has 1 aromatic heterocycles. The summed E-state index contributed by atoms with van der Waals surface area (Å²) in [5.41, 5.74) is 5.52. The van der Waals surface area contributed by atoms with E-state index in [1.807, 2.05) is 0 Å². The van der Waals surface area contributed by atoms with Crippen LogP contribution >= 0.6 is 0 Å². The number of rotatable bonds is 4. The molecule has 1 heterocycles. The van der Waals surface area contributed by atoms with Gasteiger partial charge in [-0.1, -0.05) is 0 Å². The molecule has 1 aromatic carbocycles. The molecule has 0 aliphatic heterocycles. The lowest BCUT2D eigenvalue weighted by atomic mass is 10.2. The molecule has 0 fully saturated rings. The van der Waals surface area contributed by atoms with Gasteiger partial charge in [0.05, 0.1) is 17.9 Å². The predicted molar refractivity (Wildman–Crippen MR) is 70.7 cm³/mol. The van der Waals surface area contributed by atoms with E-state index in [9.17, 15) is 9.18 Å². The molecule has 2 N–H and O–H groups in total. The summed E-state index contributed by atoms with van der Waals surface area (Å²) in [5, 5.41) is 5.17. The SMILES string of the molecule is Cn1ncc2cc(OCC(=CF)CN)ccc2c1=O.